The predicted octanol–water partition coefficient (Wildman–Crippen LogP) is 3.84. The van der Waals surface area contributed by atoms with Crippen molar-refractivity contribution < 1.29 is 4.92 Å². The summed E-state index contributed by atoms with van der Waals surface area (Å²) in [5, 5.41) is 11.5. The molecule has 15 heavy (non-hydrogen) atoms. The maximum Gasteiger partial charge on any atom is 0.270 e. The van der Waals surface area contributed by atoms with Crippen LogP contribution in [-0.2, 0) is 0 Å². The number of hydrogen-bond donors (Lipinski definition) is 0. The van der Waals surface area contributed by atoms with Gasteiger partial charge < -0.3 is 0 Å². The molecule has 0 aliphatic carbocycles. The number of nitro groups is 1. The molecule has 0 atom stereocenters. The second kappa shape index (κ2) is 3.47. The second-order valence-corrected chi connectivity index (χ2v) is 4.45. The van der Waals surface area contributed by atoms with Crippen LogP contribution in [0.2, 0.25) is 0 Å². The molecule has 1 heterocycles. The van der Waals surface area contributed by atoms with Crippen molar-refractivity contribution in [1.29, 1.82) is 0 Å². The van der Waals surface area contributed by atoms with Crippen molar-refractivity contribution in [2.24, 2.45) is 0 Å². The molecule has 0 saturated carbocycles. The fraction of sp³-hybridized carbons (Fsp3) is 0.0909. The summed E-state index contributed by atoms with van der Waals surface area (Å²) in [4.78, 5) is 11.3. The fourth-order valence-electron chi connectivity index (χ4n) is 1.35. The van der Waals surface area contributed by atoms with E-state index in [4.69, 9.17) is 0 Å². The van der Waals surface area contributed by atoms with Gasteiger partial charge in [0, 0.05) is 21.7 Å². The molecular weight excluding hydrogens is 210 g/mol. The Hall–Kier alpha value is -1.68. The second-order valence-electron chi connectivity index (χ2n) is 3.37. The maximum atomic E-state index is 10.6. The summed E-state index contributed by atoms with van der Waals surface area (Å²) in [6, 6.07) is 6.85. The highest BCUT2D eigenvalue weighted by Gasteiger charge is 2.08. The van der Waals surface area contributed by atoms with E-state index < -0.39 is 0 Å². The lowest BCUT2D eigenvalue weighted by Crippen LogP contribution is -1.85. The van der Waals surface area contributed by atoms with Crippen molar-refractivity contribution in [3.8, 4) is 0 Å². The SMILES string of the molecule is C=C(C)c1cc2cc([N+](=O)[O-])ccc2s1. The van der Waals surface area contributed by atoms with Crippen LogP contribution in [0, 0.1) is 10.1 Å². The van der Waals surface area contributed by atoms with Gasteiger partial charge in [-0.1, -0.05) is 6.58 Å². The summed E-state index contributed by atoms with van der Waals surface area (Å²) >= 11 is 1.60. The van der Waals surface area contributed by atoms with Crippen molar-refractivity contribution in [3.63, 3.8) is 0 Å². The lowest BCUT2D eigenvalue weighted by Gasteiger charge is -1.89. The van der Waals surface area contributed by atoms with Gasteiger partial charge in [0.05, 0.1) is 4.92 Å². The average molecular weight is 219 g/mol. The van der Waals surface area contributed by atoms with Crippen molar-refractivity contribution in [2.75, 3.05) is 0 Å². The molecule has 1 aromatic heterocycles. The largest absolute Gasteiger partial charge is 0.270 e. The first-order valence-corrected chi connectivity index (χ1v) is 5.23. The van der Waals surface area contributed by atoms with E-state index in [1.807, 2.05) is 13.0 Å². The monoisotopic (exact) mass is 219 g/mol. The Morgan fingerprint density at radius 2 is 2.20 bits per heavy atom. The molecular formula is C11H9NO2S. The summed E-state index contributed by atoms with van der Waals surface area (Å²) in [6.07, 6.45) is 0. The molecule has 0 unspecified atom stereocenters. The van der Waals surface area contributed by atoms with Gasteiger partial charge in [0.15, 0.2) is 0 Å². The lowest BCUT2D eigenvalue weighted by atomic mass is 10.2. The normalized spacial score (nSPS) is 10.5. The Kier molecular flexibility index (Phi) is 2.28. The smallest absolute Gasteiger partial charge is 0.258 e. The minimum absolute atomic E-state index is 0.133. The van der Waals surface area contributed by atoms with E-state index in [0.29, 0.717) is 0 Å². The Morgan fingerprint density at radius 3 is 2.80 bits per heavy atom. The van der Waals surface area contributed by atoms with Crippen LogP contribution in [0.25, 0.3) is 15.7 Å². The molecule has 1 aromatic carbocycles. The van der Waals surface area contributed by atoms with Crippen LogP contribution in [-0.4, -0.2) is 4.92 Å². The highest BCUT2D eigenvalue weighted by molar-refractivity contribution is 7.20. The van der Waals surface area contributed by atoms with Crippen molar-refractivity contribution >= 4 is 32.7 Å². The van der Waals surface area contributed by atoms with Crippen LogP contribution in [0.3, 0.4) is 0 Å². The van der Waals surface area contributed by atoms with Gasteiger partial charge in [0.25, 0.3) is 5.69 Å². The summed E-state index contributed by atoms with van der Waals surface area (Å²) in [5.74, 6) is 0. The summed E-state index contributed by atoms with van der Waals surface area (Å²) in [6.45, 7) is 5.78. The number of nitrogens with zero attached hydrogens (tertiary/aromatic N) is 1. The predicted molar refractivity (Wildman–Crippen MR) is 63.2 cm³/mol. The Morgan fingerprint density at radius 1 is 1.47 bits per heavy atom. The van der Waals surface area contributed by atoms with E-state index >= 15 is 0 Å². The van der Waals surface area contributed by atoms with Gasteiger partial charge in [-0.15, -0.1) is 11.3 Å². The highest BCUT2D eigenvalue weighted by Crippen LogP contribution is 2.31. The van der Waals surface area contributed by atoms with E-state index in [2.05, 4.69) is 6.58 Å². The molecule has 0 radical (unpaired) electrons. The minimum atomic E-state index is -0.377. The molecule has 4 heteroatoms. The number of thiophene rings is 1. The van der Waals surface area contributed by atoms with E-state index in [-0.39, 0.29) is 10.6 Å². The van der Waals surface area contributed by atoms with Crippen LogP contribution < -0.4 is 0 Å². The topological polar surface area (TPSA) is 43.1 Å². The fourth-order valence-corrected chi connectivity index (χ4v) is 2.32. The average Bonchev–Trinajstić information content (AvgIpc) is 2.59. The van der Waals surface area contributed by atoms with Gasteiger partial charge >= 0.3 is 0 Å². The Labute approximate surface area is 90.8 Å². The van der Waals surface area contributed by atoms with Crippen LogP contribution in [0.4, 0.5) is 5.69 Å². The van der Waals surface area contributed by atoms with Gasteiger partial charge in [-0.3, -0.25) is 10.1 Å². The van der Waals surface area contributed by atoms with Gasteiger partial charge in [-0.25, -0.2) is 0 Å². The minimum Gasteiger partial charge on any atom is -0.258 e. The third kappa shape index (κ3) is 1.76. The first-order valence-electron chi connectivity index (χ1n) is 4.42. The van der Waals surface area contributed by atoms with Crippen LogP contribution in [0.5, 0.6) is 0 Å². The zero-order valence-electron chi connectivity index (χ0n) is 8.19. The highest BCUT2D eigenvalue weighted by atomic mass is 32.1. The molecule has 76 valence electrons. The quantitative estimate of drug-likeness (QED) is 0.568. The van der Waals surface area contributed by atoms with Crippen molar-refractivity contribution in [1.82, 2.24) is 0 Å². The van der Waals surface area contributed by atoms with Crippen molar-refractivity contribution in [3.05, 3.63) is 45.8 Å². The standard InChI is InChI=1S/C11H9NO2S/c1-7(2)11-6-8-5-9(12(13)14)3-4-10(8)15-11/h3-6H,1H2,2H3. The number of benzene rings is 1. The molecule has 2 rings (SSSR count). The summed E-state index contributed by atoms with van der Waals surface area (Å²) in [5.41, 5.74) is 1.12. The van der Waals surface area contributed by atoms with Crippen molar-refractivity contribution in [2.45, 2.75) is 6.92 Å². The number of hydrogen-bond acceptors (Lipinski definition) is 3. The third-order valence-corrected chi connectivity index (χ3v) is 3.41. The molecule has 0 spiro atoms. The van der Waals surface area contributed by atoms with Crippen LogP contribution >= 0.6 is 11.3 Å². The first kappa shape index (κ1) is 9.86. The lowest BCUT2D eigenvalue weighted by molar-refractivity contribution is -0.384. The third-order valence-electron chi connectivity index (χ3n) is 2.13. The Balaban J connectivity index is 2.62. The van der Waals surface area contributed by atoms with E-state index in [0.717, 1.165) is 20.5 Å². The van der Waals surface area contributed by atoms with Gasteiger partial charge in [-0.2, -0.15) is 0 Å². The number of rotatable bonds is 2. The molecule has 0 aliphatic heterocycles. The van der Waals surface area contributed by atoms with Crippen LogP contribution in [0.15, 0.2) is 30.8 Å². The first-order chi connectivity index (χ1) is 7.08. The Bertz CT molecular complexity index is 545. The van der Waals surface area contributed by atoms with Gasteiger partial charge in [0.1, 0.15) is 0 Å². The molecule has 0 saturated heterocycles. The number of nitro benzene ring substituents is 1. The summed E-state index contributed by atoms with van der Waals surface area (Å²) in [7, 11) is 0. The summed E-state index contributed by atoms with van der Waals surface area (Å²) < 4.78 is 1.05. The number of allylic oxidation sites excluding steroid dienone is 1. The molecule has 3 nitrogen and oxygen atoms in total. The molecule has 0 amide bonds. The van der Waals surface area contributed by atoms with E-state index in [9.17, 15) is 10.1 Å². The maximum absolute atomic E-state index is 10.6. The molecule has 2 aromatic rings. The van der Waals surface area contributed by atoms with Crippen LogP contribution in [0.1, 0.15) is 11.8 Å². The zero-order valence-corrected chi connectivity index (χ0v) is 9.00. The zero-order chi connectivity index (χ0) is 11.0. The molecule has 0 aliphatic rings. The van der Waals surface area contributed by atoms with E-state index in [1.165, 1.54) is 6.07 Å². The number of non-ortho nitro benzene ring substituents is 1. The van der Waals surface area contributed by atoms with E-state index in [1.54, 1.807) is 23.5 Å². The molecule has 0 N–H and O–H groups in total. The van der Waals surface area contributed by atoms with Gasteiger partial charge in [0.2, 0.25) is 0 Å². The van der Waals surface area contributed by atoms with Gasteiger partial charge in [-0.05, 0) is 30.0 Å². The number of fused-ring (bicyclic) bond motifs is 1. The molecule has 0 bridgehead atoms. The molecule has 0 fully saturated rings.